The zero-order valence-electron chi connectivity index (χ0n) is 8.93. The summed E-state index contributed by atoms with van der Waals surface area (Å²) in [6.45, 7) is 6.91. The average molecular weight is 204 g/mol. The Balaban J connectivity index is 2.20. The monoisotopic (exact) mass is 203 g/mol. The molecule has 1 aliphatic rings. The van der Waals surface area contributed by atoms with Gasteiger partial charge in [0.25, 0.3) is 0 Å². The number of hydrogen-bond donors (Lipinski definition) is 0. The van der Waals surface area contributed by atoms with Crippen LogP contribution in [0, 0.1) is 5.92 Å². The van der Waals surface area contributed by atoms with Crippen molar-refractivity contribution < 1.29 is 0 Å². The second-order valence-electron chi connectivity index (χ2n) is 4.49. The van der Waals surface area contributed by atoms with Gasteiger partial charge >= 0.3 is 0 Å². The highest BCUT2D eigenvalue weighted by Gasteiger charge is 2.23. The van der Waals surface area contributed by atoms with Gasteiger partial charge in [0.1, 0.15) is 0 Å². The first kappa shape index (κ1) is 11.3. The lowest BCUT2D eigenvalue weighted by atomic mass is 9.91. The van der Waals surface area contributed by atoms with Gasteiger partial charge in [-0.15, -0.1) is 11.6 Å². The summed E-state index contributed by atoms with van der Waals surface area (Å²) in [4.78, 5) is 2.58. The molecule has 1 fully saturated rings. The predicted molar refractivity (Wildman–Crippen MR) is 59.4 cm³/mol. The molecule has 78 valence electrons. The molecule has 0 N–H and O–H groups in total. The van der Waals surface area contributed by atoms with Crippen molar-refractivity contribution in [3.8, 4) is 0 Å². The van der Waals surface area contributed by atoms with E-state index in [4.69, 9.17) is 11.6 Å². The Kier molecular flexibility index (Phi) is 5.12. The Morgan fingerprint density at radius 1 is 1.31 bits per heavy atom. The van der Waals surface area contributed by atoms with Gasteiger partial charge in [0.15, 0.2) is 0 Å². The van der Waals surface area contributed by atoms with Crippen molar-refractivity contribution in [1.82, 2.24) is 4.90 Å². The van der Waals surface area contributed by atoms with E-state index in [-0.39, 0.29) is 0 Å². The molecular formula is C11H22ClN. The first-order valence-electron chi connectivity index (χ1n) is 5.54. The molecule has 0 unspecified atom stereocenters. The van der Waals surface area contributed by atoms with Crippen molar-refractivity contribution in [2.45, 2.75) is 45.6 Å². The molecule has 0 heterocycles. The van der Waals surface area contributed by atoms with Crippen LogP contribution in [0.2, 0.25) is 0 Å². The first-order valence-corrected chi connectivity index (χ1v) is 6.07. The molecule has 1 saturated carbocycles. The summed E-state index contributed by atoms with van der Waals surface area (Å²) in [6.07, 6.45) is 5.53. The van der Waals surface area contributed by atoms with Crippen LogP contribution in [0.4, 0.5) is 0 Å². The lowest BCUT2D eigenvalue weighted by molar-refractivity contribution is 0.129. The molecule has 2 heteroatoms. The second kappa shape index (κ2) is 5.87. The van der Waals surface area contributed by atoms with Crippen LogP contribution in [-0.2, 0) is 0 Å². The summed E-state index contributed by atoms with van der Waals surface area (Å²) in [7, 11) is 0. The van der Waals surface area contributed by atoms with Crippen LogP contribution in [0.3, 0.4) is 0 Å². The summed E-state index contributed by atoms with van der Waals surface area (Å²) in [6, 6.07) is 0.859. The van der Waals surface area contributed by atoms with Crippen LogP contribution in [0.25, 0.3) is 0 Å². The molecular weight excluding hydrogens is 182 g/mol. The van der Waals surface area contributed by atoms with Crippen molar-refractivity contribution in [3.05, 3.63) is 0 Å². The topological polar surface area (TPSA) is 3.24 Å². The van der Waals surface area contributed by atoms with Crippen molar-refractivity contribution in [2.75, 3.05) is 19.0 Å². The van der Waals surface area contributed by atoms with Gasteiger partial charge in [0.05, 0.1) is 0 Å². The Labute approximate surface area is 87.4 Å². The third-order valence-electron chi connectivity index (χ3n) is 2.96. The fourth-order valence-corrected chi connectivity index (χ4v) is 1.98. The van der Waals surface area contributed by atoms with Gasteiger partial charge in [0, 0.05) is 18.5 Å². The number of alkyl halides is 1. The third-order valence-corrected chi connectivity index (χ3v) is 3.13. The van der Waals surface area contributed by atoms with E-state index in [1.807, 2.05) is 0 Å². The summed E-state index contributed by atoms with van der Waals surface area (Å²) in [5, 5.41) is 0. The molecule has 1 aliphatic carbocycles. The smallest absolute Gasteiger partial charge is 0.0351 e. The Morgan fingerprint density at radius 2 is 2.00 bits per heavy atom. The maximum atomic E-state index is 5.80. The molecule has 0 atom stereocenters. The first-order chi connectivity index (χ1) is 6.24. The van der Waals surface area contributed by atoms with Crippen molar-refractivity contribution in [2.24, 2.45) is 5.92 Å². The summed E-state index contributed by atoms with van der Waals surface area (Å²) < 4.78 is 0. The van der Waals surface area contributed by atoms with E-state index in [0.717, 1.165) is 24.4 Å². The fourth-order valence-electron chi connectivity index (χ4n) is 1.76. The summed E-state index contributed by atoms with van der Waals surface area (Å²) in [5.41, 5.74) is 0. The van der Waals surface area contributed by atoms with Gasteiger partial charge in [-0.2, -0.15) is 0 Å². The van der Waals surface area contributed by atoms with E-state index in [9.17, 15) is 0 Å². The van der Waals surface area contributed by atoms with E-state index in [1.165, 1.54) is 32.2 Å². The average Bonchev–Trinajstić information content (AvgIpc) is 1.97. The lowest BCUT2D eigenvalue weighted by Crippen LogP contribution is -2.42. The molecule has 13 heavy (non-hydrogen) atoms. The molecule has 0 aromatic carbocycles. The van der Waals surface area contributed by atoms with Crippen LogP contribution in [0.15, 0.2) is 0 Å². The highest BCUT2D eigenvalue weighted by atomic mass is 35.5. The summed E-state index contributed by atoms with van der Waals surface area (Å²) in [5.74, 6) is 1.60. The highest BCUT2D eigenvalue weighted by molar-refractivity contribution is 6.18. The SMILES string of the molecule is CC(C)CCN(CCCl)C1CCC1. The van der Waals surface area contributed by atoms with E-state index in [0.29, 0.717) is 0 Å². The zero-order valence-corrected chi connectivity index (χ0v) is 9.69. The zero-order chi connectivity index (χ0) is 9.68. The maximum Gasteiger partial charge on any atom is 0.0351 e. The van der Waals surface area contributed by atoms with E-state index < -0.39 is 0 Å². The van der Waals surface area contributed by atoms with Gasteiger partial charge in [-0.1, -0.05) is 20.3 Å². The van der Waals surface area contributed by atoms with Crippen LogP contribution < -0.4 is 0 Å². The molecule has 0 bridgehead atoms. The van der Waals surface area contributed by atoms with Gasteiger partial charge in [-0.25, -0.2) is 0 Å². The second-order valence-corrected chi connectivity index (χ2v) is 4.87. The van der Waals surface area contributed by atoms with E-state index in [1.54, 1.807) is 0 Å². The number of rotatable bonds is 6. The highest BCUT2D eigenvalue weighted by Crippen LogP contribution is 2.25. The Hall–Kier alpha value is 0.250. The van der Waals surface area contributed by atoms with Gasteiger partial charge in [0.2, 0.25) is 0 Å². The standard InChI is InChI=1S/C11H22ClN/c1-10(2)6-8-13(9-7-12)11-4-3-5-11/h10-11H,3-9H2,1-2H3. The van der Waals surface area contributed by atoms with Crippen LogP contribution in [-0.4, -0.2) is 29.9 Å². The minimum atomic E-state index is 0.786. The van der Waals surface area contributed by atoms with Crippen LogP contribution in [0.5, 0.6) is 0 Å². The van der Waals surface area contributed by atoms with Crippen LogP contribution >= 0.6 is 11.6 Å². The van der Waals surface area contributed by atoms with Crippen molar-refractivity contribution >= 4 is 11.6 Å². The minimum absolute atomic E-state index is 0.786. The fraction of sp³-hybridized carbons (Fsp3) is 1.00. The molecule has 0 radical (unpaired) electrons. The van der Waals surface area contributed by atoms with Gasteiger partial charge < -0.3 is 0 Å². The van der Waals surface area contributed by atoms with E-state index in [2.05, 4.69) is 18.7 Å². The minimum Gasteiger partial charge on any atom is -0.299 e. The molecule has 0 aromatic rings. The van der Waals surface area contributed by atoms with E-state index >= 15 is 0 Å². The number of nitrogens with zero attached hydrogens (tertiary/aromatic N) is 1. The largest absolute Gasteiger partial charge is 0.299 e. The van der Waals surface area contributed by atoms with Crippen LogP contribution in [0.1, 0.15) is 39.5 Å². The molecule has 0 amide bonds. The molecule has 0 aromatic heterocycles. The van der Waals surface area contributed by atoms with Crippen molar-refractivity contribution in [1.29, 1.82) is 0 Å². The Bertz CT molecular complexity index is 132. The molecule has 0 aliphatic heterocycles. The van der Waals surface area contributed by atoms with Gasteiger partial charge in [-0.05, 0) is 31.7 Å². The normalized spacial score (nSPS) is 18.2. The maximum absolute atomic E-state index is 5.80. The quantitative estimate of drug-likeness (QED) is 0.600. The molecule has 1 rings (SSSR count). The third kappa shape index (κ3) is 3.86. The molecule has 0 spiro atoms. The number of halogens is 1. The Morgan fingerprint density at radius 3 is 2.38 bits per heavy atom. The predicted octanol–water partition coefficient (Wildman–Crippen LogP) is 3.13. The van der Waals surface area contributed by atoms with Crippen molar-refractivity contribution in [3.63, 3.8) is 0 Å². The number of hydrogen-bond acceptors (Lipinski definition) is 1. The lowest BCUT2D eigenvalue weighted by Gasteiger charge is -2.37. The molecule has 0 saturated heterocycles. The molecule has 1 nitrogen and oxygen atoms in total. The van der Waals surface area contributed by atoms with Gasteiger partial charge in [-0.3, -0.25) is 4.90 Å². The summed E-state index contributed by atoms with van der Waals surface area (Å²) >= 11 is 5.80.